The van der Waals surface area contributed by atoms with Crippen molar-refractivity contribution in [3.05, 3.63) is 47.5 Å². The van der Waals surface area contributed by atoms with E-state index in [0.717, 1.165) is 46.2 Å². The summed E-state index contributed by atoms with van der Waals surface area (Å²) in [6.07, 6.45) is 4.07. The molecule has 1 aliphatic heterocycles. The van der Waals surface area contributed by atoms with E-state index in [4.69, 9.17) is 19.2 Å². The summed E-state index contributed by atoms with van der Waals surface area (Å²) in [5, 5.41) is 17.8. The Morgan fingerprint density at radius 2 is 2.00 bits per heavy atom. The number of carboxylic acid groups (broad SMARTS) is 1. The summed E-state index contributed by atoms with van der Waals surface area (Å²) in [5.41, 5.74) is 3.94. The van der Waals surface area contributed by atoms with Crippen LogP contribution in [0.1, 0.15) is 48.8 Å². The summed E-state index contributed by atoms with van der Waals surface area (Å²) >= 11 is 0. The third-order valence-corrected chi connectivity index (χ3v) is 7.76. The number of H-pyrrole nitrogens is 1. The number of aromatic amines is 1. The van der Waals surface area contributed by atoms with Gasteiger partial charge in [0.05, 0.1) is 24.3 Å². The van der Waals surface area contributed by atoms with Gasteiger partial charge in [-0.2, -0.15) is 5.10 Å². The average Bonchev–Trinajstić information content (AvgIpc) is 3.45. The highest BCUT2D eigenvalue weighted by molar-refractivity contribution is 5.94. The van der Waals surface area contributed by atoms with Crippen molar-refractivity contribution in [2.24, 2.45) is 0 Å². The number of ether oxygens (including phenoxy) is 3. The van der Waals surface area contributed by atoms with E-state index in [2.05, 4.69) is 14.8 Å². The van der Waals surface area contributed by atoms with E-state index in [1.807, 2.05) is 6.07 Å². The highest BCUT2D eigenvalue weighted by Gasteiger charge is 2.53. The summed E-state index contributed by atoms with van der Waals surface area (Å²) in [6, 6.07) is 6.86. The van der Waals surface area contributed by atoms with Crippen molar-refractivity contribution in [1.29, 1.82) is 0 Å². The van der Waals surface area contributed by atoms with E-state index in [1.165, 1.54) is 20.3 Å². The maximum atomic E-state index is 14.4. The van der Waals surface area contributed by atoms with Crippen molar-refractivity contribution in [3.63, 3.8) is 0 Å². The average molecular weight is 495 g/mol. The van der Waals surface area contributed by atoms with Gasteiger partial charge >= 0.3 is 5.97 Å². The third kappa shape index (κ3) is 3.39. The van der Waals surface area contributed by atoms with Crippen LogP contribution in [-0.2, 0) is 14.3 Å². The molecule has 1 saturated carbocycles. The Bertz CT molecular complexity index is 1470. The molecule has 36 heavy (non-hydrogen) atoms. The molecule has 4 aromatic rings. The maximum Gasteiger partial charge on any atom is 0.335 e. The number of carbonyl (C=O) groups is 1. The minimum absolute atomic E-state index is 0.0575. The molecule has 2 aliphatic rings. The van der Waals surface area contributed by atoms with Gasteiger partial charge in [0.2, 0.25) is 0 Å². The molecule has 4 heterocycles. The highest BCUT2D eigenvalue weighted by atomic mass is 19.1. The summed E-state index contributed by atoms with van der Waals surface area (Å²) in [5.74, 6) is -1.13. The number of halogens is 1. The normalized spacial score (nSPS) is 22.7. The summed E-state index contributed by atoms with van der Waals surface area (Å²) in [7, 11) is 2.89. The van der Waals surface area contributed by atoms with Crippen molar-refractivity contribution in [1.82, 2.24) is 19.7 Å². The van der Waals surface area contributed by atoms with Crippen LogP contribution in [-0.4, -0.2) is 63.9 Å². The van der Waals surface area contributed by atoms with Gasteiger partial charge in [0, 0.05) is 54.6 Å². The lowest BCUT2D eigenvalue weighted by molar-refractivity contribution is -0.175. The van der Waals surface area contributed by atoms with Crippen molar-refractivity contribution in [3.8, 4) is 11.4 Å². The van der Waals surface area contributed by atoms with E-state index in [9.17, 15) is 14.3 Å². The van der Waals surface area contributed by atoms with E-state index in [-0.39, 0.29) is 17.6 Å². The molecule has 1 aromatic carbocycles. The highest BCUT2D eigenvalue weighted by Crippen LogP contribution is 2.52. The molecule has 188 valence electrons. The first-order valence-corrected chi connectivity index (χ1v) is 12.0. The van der Waals surface area contributed by atoms with E-state index in [0.29, 0.717) is 31.7 Å². The molecule has 0 bridgehead atoms. The molecule has 0 unspecified atom stereocenters. The van der Waals surface area contributed by atoms with Crippen molar-refractivity contribution in [2.75, 3.05) is 27.4 Å². The zero-order valence-corrected chi connectivity index (χ0v) is 20.1. The Kier molecular flexibility index (Phi) is 5.45. The number of nitrogens with zero attached hydrogens (tertiary/aromatic N) is 3. The minimum atomic E-state index is -1.21. The second-order valence-electron chi connectivity index (χ2n) is 9.61. The van der Waals surface area contributed by atoms with Crippen LogP contribution in [0.25, 0.3) is 27.8 Å². The smallest absolute Gasteiger partial charge is 0.335 e. The molecule has 0 radical (unpaired) electrons. The Balaban J connectivity index is 1.64. The molecule has 0 amide bonds. The largest absolute Gasteiger partial charge is 0.494 e. The molecule has 3 aromatic heterocycles. The van der Waals surface area contributed by atoms with Crippen LogP contribution in [0.3, 0.4) is 0 Å². The van der Waals surface area contributed by atoms with E-state index < -0.39 is 17.4 Å². The van der Waals surface area contributed by atoms with Gasteiger partial charge in [-0.1, -0.05) is 0 Å². The number of rotatable bonds is 6. The molecule has 10 heteroatoms. The van der Waals surface area contributed by atoms with Crippen LogP contribution < -0.4 is 4.74 Å². The minimum Gasteiger partial charge on any atom is -0.494 e. The van der Waals surface area contributed by atoms with Gasteiger partial charge in [0.25, 0.3) is 0 Å². The first kappa shape index (κ1) is 22.9. The zero-order chi connectivity index (χ0) is 25.0. The number of hydrogen-bond donors (Lipinski definition) is 2. The summed E-state index contributed by atoms with van der Waals surface area (Å²) < 4.78 is 32.9. The number of carboxylic acids is 1. The first-order chi connectivity index (χ1) is 17.5. The zero-order valence-electron chi connectivity index (χ0n) is 20.1. The summed E-state index contributed by atoms with van der Waals surface area (Å²) in [6.45, 7) is 1.27. The predicted molar refractivity (Wildman–Crippen MR) is 129 cm³/mol. The topological polar surface area (TPSA) is 111 Å². The Morgan fingerprint density at radius 1 is 1.22 bits per heavy atom. The van der Waals surface area contributed by atoms with Crippen molar-refractivity contribution >= 4 is 28.0 Å². The fourth-order valence-corrected chi connectivity index (χ4v) is 5.82. The van der Waals surface area contributed by atoms with Crippen LogP contribution in [0.5, 0.6) is 5.75 Å². The van der Waals surface area contributed by atoms with Gasteiger partial charge in [-0.05, 0) is 49.8 Å². The maximum absolute atomic E-state index is 14.4. The third-order valence-electron chi connectivity index (χ3n) is 7.76. The van der Waals surface area contributed by atoms with Gasteiger partial charge in [-0.3, -0.25) is 5.10 Å². The number of methoxy groups -OCH3 is 2. The lowest BCUT2D eigenvalue weighted by Crippen LogP contribution is -2.51. The van der Waals surface area contributed by atoms with Gasteiger partial charge in [0.1, 0.15) is 0 Å². The molecule has 1 saturated heterocycles. The van der Waals surface area contributed by atoms with Crippen LogP contribution in [0, 0.1) is 5.82 Å². The lowest BCUT2D eigenvalue weighted by Gasteiger charge is -2.43. The molecular formula is C26H27FN4O5. The molecular weight excluding hydrogens is 467 g/mol. The first-order valence-electron chi connectivity index (χ1n) is 12.0. The Labute approximate surface area is 206 Å². The molecule has 0 atom stereocenters. The molecule has 0 spiro atoms. The molecule has 6 rings (SSSR count). The number of nitrogens with one attached hydrogen (secondary N) is 1. The number of hydrogen-bond acceptors (Lipinski definition) is 6. The van der Waals surface area contributed by atoms with Crippen molar-refractivity contribution in [2.45, 2.75) is 43.1 Å². The second kappa shape index (κ2) is 8.56. The van der Waals surface area contributed by atoms with Gasteiger partial charge in [-0.25, -0.2) is 14.2 Å². The van der Waals surface area contributed by atoms with E-state index in [1.54, 1.807) is 18.3 Å². The standard InChI is InChI=1S/C26H27FN4O5/c1-34-20-10-17(3-4-18(20)27)31-19-9-15-13-28-30-24(15)29-22(19)21(23(31)14-5-7-36-8-6-14)16-11-26(12-16,35-2)25(32)33/h3-4,9-10,13-14,16H,5-8,11-12H2,1-2H3,(H,32,33)(H,28,29,30)/t16-,26+. The monoisotopic (exact) mass is 494 g/mol. The fourth-order valence-electron chi connectivity index (χ4n) is 5.82. The Hall–Kier alpha value is -3.50. The van der Waals surface area contributed by atoms with Crippen LogP contribution >= 0.6 is 0 Å². The van der Waals surface area contributed by atoms with Gasteiger partial charge < -0.3 is 23.9 Å². The van der Waals surface area contributed by atoms with Gasteiger partial charge in [0.15, 0.2) is 22.8 Å². The number of benzene rings is 1. The molecule has 9 nitrogen and oxygen atoms in total. The number of aromatic nitrogens is 4. The van der Waals surface area contributed by atoms with Gasteiger partial charge in [-0.15, -0.1) is 0 Å². The Morgan fingerprint density at radius 3 is 2.69 bits per heavy atom. The fraction of sp³-hybridized carbons (Fsp3) is 0.423. The number of fused-ring (bicyclic) bond motifs is 2. The SMILES string of the molecule is COc1cc(-n2c(C3CCOCC3)c([C@H]3C[C@](OC)(C(=O)O)C3)c3nc4[nH]ncc4cc32)ccc1F. The number of pyridine rings is 1. The number of aliphatic carboxylic acids is 1. The van der Waals surface area contributed by atoms with Crippen LogP contribution in [0.15, 0.2) is 30.5 Å². The molecule has 2 N–H and O–H groups in total. The molecule has 2 fully saturated rings. The quantitative estimate of drug-likeness (QED) is 0.411. The summed E-state index contributed by atoms with van der Waals surface area (Å²) in [4.78, 5) is 17.0. The molecule has 1 aliphatic carbocycles. The van der Waals surface area contributed by atoms with E-state index >= 15 is 0 Å². The van der Waals surface area contributed by atoms with Crippen LogP contribution in [0.2, 0.25) is 0 Å². The second-order valence-corrected chi connectivity index (χ2v) is 9.61. The predicted octanol–water partition coefficient (Wildman–Crippen LogP) is 4.29. The van der Waals surface area contributed by atoms with Crippen LogP contribution in [0.4, 0.5) is 4.39 Å². The van der Waals surface area contributed by atoms with Crippen molar-refractivity contribution < 1.29 is 28.5 Å². The lowest BCUT2D eigenvalue weighted by atomic mass is 9.66.